The van der Waals surface area contributed by atoms with Crippen LogP contribution in [0, 0.1) is 0 Å². The summed E-state index contributed by atoms with van der Waals surface area (Å²) < 4.78 is 6.72. The first-order valence-electron chi connectivity index (χ1n) is 5.16. The highest BCUT2D eigenvalue weighted by Crippen LogP contribution is 2.30. The van der Waals surface area contributed by atoms with E-state index in [9.17, 15) is 0 Å². The molecule has 2 nitrogen and oxygen atoms in total. The van der Waals surface area contributed by atoms with Gasteiger partial charge in [0.2, 0.25) is 0 Å². The van der Waals surface area contributed by atoms with Gasteiger partial charge in [-0.25, -0.2) is 0 Å². The Labute approximate surface area is 97.6 Å². The molecule has 0 amide bonds. The number of rotatable bonds is 3. The predicted octanol–water partition coefficient (Wildman–Crippen LogP) is 4.00. The van der Waals surface area contributed by atoms with Gasteiger partial charge in [-0.15, -0.1) is 0 Å². The number of hydrogen-bond acceptors (Lipinski definition) is 2. The normalized spacial score (nSPS) is 13.3. The first-order valence-corrected chi connectivity index (χ1v) is 5.95. The van der Waals surface area contributed by atoms with E-state index in [2.05, 4.69) is 22.9 Å². The molecule has 1 unspecified atom stereocenters. The van der Waals surface area contributed by atoms with Crippen molar-refractivity contribution >= 4 is 26.9 Å². The molecule has 1 aromatic heterocycles. The van der Waals surface area contributed by atoms with Crippen LogP contribution < -0.4 is 5.73 Å². The molecule has 0 bridgehead atoms. The van der Waals surface area contributed by atoms with E-state index in [1.54, 1.807) is 0 Å². The van der Waals surface area contributed by atoms with Crippen LogP contribution in [0.25, 0.3) is 11.0 Å². The Morgan fingerprint density at radius 1 is 1.47 bits per heavy atom. The number of hydrogen-bond donors (Lipinski definition) is 1. The fraction of sp³-hybridized carbons (Fsp3) is 0.333. The maximum Gasteiger partial charge on any atom is 0.148 e. The molecule has 80 valence electrons. The first-order chi connectivity index (χ1) is 7.22. The SMILES string of the molecule is CCCC(N)c1cc2cccc(Br)c2o1. The fourth-order valence-electron chi connectivity index (χ4n) is 1.68. The van der Waals surface area contributed by atoms with E-state index in [0.29, 0.717) is 0 Å². The zero-order valence-corrected chi connectivity index (χ0v) is 10.3. The molecule has 1 heterocycles. The molecule has 0 aliphatic carbocycles. The van der Waals surface area contributed by atoms with Crippen LogP contribution in [0.1, 0.15) is 31.6 Å². The minimum absolute atomic E-state index is 0.00861. The Morgan fingerprint density at radius 3 is 2.93 bits per heavy atom. The summed E-state index contributed by atoms with van der Waals surface area (Å²) in [6.07, 6.45) is 2.02. The van der Waals surface area contributed by atoms with Crippen molar-refractivity contribution in [2.45, 2.75) is 25.8 Å². The van der Waals surface area contributed by atoms with Gasteiger partial charge in [-0.2, -0.15) is 0 Å². The van der Waals surface area contributed by atoms with Gasteiger partial charge in [0.15, 0.2) is 0 Å². The van der Waals surface area contributed by atoms with Gasteiger partial charge >= 0.3 is 0 Å². The molecule has 2 aromatic rings. The molecule has 0 saturated carbocycles. The van der Waals surface area contributed by atoms with Crippen LogP contribution in [-0.4, -0.2) is 0 Å². The van der Waals surface area contributed by atoms with Crippen LogP contribution in [0.5, 0.6) is 0 Å². The lowest BCUT2D eigenvalue weighted by Gasteiger charge is -2.05. The zero-order chi connectivity index (χ0) is 10.8. The van der Waals surface area contributed by atoms with Crippen LogP contribution in [-0.2, 0) is 0 Å². The van der Waals surface area contributed by atoms with E-state index in [1.807, 2.05) is 24.3 Å². The standard InChI is InChI=1S/C12H14BrNO/c1-2-4-10(14)11-7-8-5-3-6-9(13)12(8)15-11/h3,5-7,10H,2,4,14H2,1H3. The summed E-state index contributed by atoms with van der Waals surface area (Å²) in [6.45, 7) is 2.12. The lowest BCUT2D eigenvalue weighted by atomic mass is 10.1. The summed E-state index contributed by atoms with van der Waals surface area (Å²) in [5.74, 6) is 0.874. The third-order valence-electron chi connectivity index (χ3n) is 2.48. The lowest BCUT2D eigenvalue weighted by molar-refractivity contribution is 0.474. The van der Waals surface area contributed by atoms with E-state index < -0.39 is 0 Å². The van der Waals surface area contributed by atoms with Gasteiger partial charge in [-0.3, -0.25) is 0 Å². The number of furan rings is 1. The largest absolute Gasteiger partial charge is 0.458 e. The average Bonchev–Trinajstić information content (AvgIpc) is 2.63. The van der Waals surface area contributed by atoms with Crippen LogP contribution in [0.3, 0.4) is 0 Å². The van der Waals surface area contributed by atoms with E-state index in [4.69, 9.17) is 10.2 Å². The molecule has 15 heavy (non-hydrogen) atoms. The van der Waals surface area contributed by atoms with Gasteiger partial charge in [0.25, 0.3) is 0 Å². The zero-order valence-electron chi connectivity index (χ0n) is 8.66. The highest BCUT2D eigenvalue weighted by Gasteiger charge is 2.12. The molecule has 0 aliphatic heterocycles. The van der Waals surface area contributed by atoms with Crippen molar-refractivity contribution in [1.82, 2.24) is 0 Å². The number of nitrogens with two attached hydrogens (primary N) is 1. The molecule has 0 saturated heterocycles. The van der Waals surface area contributed by atoms with Gasteiger partial charge in [-0.1, -0.05) is 25.5 Å². The molecule has 0 spiro atoms. The van der Waals surface area contributed by atoms with Crippen molar-refractivity contribution in [1.29, 1.82) is 0 Å². The predicted molar refractivity (Wildman–Crippen MR) is 65.8 cm³/mol. The van der Waals surface area contributed by atoms with Crippen LogP contribution >= 0.6 is 15.9 Å². The Balaban J connectivity index is 2.43. The quantitative estimate of drug-likeness (QED) is 0.913. The van der Waals surface area contributed by atoms with Gasteiger partial charge in [-0.05, 0) is 34.5 Å². The van der Waals surface area contributed by atoms with E-state index in [1.165, 1.54) is 0 Å². The van der Waals surface area contributed by atoms with Crippen molar-refractivity contribution in [3.05, 3.63) is 34.5 Å². The van der Waals surface area contributed by atoms with E-state index in [-0.39, 0.29) is 6.04 Å². The van der Waals surface area contributed by atoms with Crippen molar-refractivity contribution in [3.8, 4) is 0 Å². The maximum atomic E-state index is 6.01. The smallest absolute Gasteiger partial charge is 0.148 e. The minimum Gasteiger partial charge on any atom is -0.458 e. The van der Waals surface area contributed by atoms with Crippen LogP contribution in [0.15, 0.2) is 33.2 Å². The van der Waals surface area contributed by atoms with E-state index >= 15 is 0 Å². The second-order valence-electron chi connectivity index (χ2n) is 3.70. The summed E-state index contributed by atoms with van der Waals surface area (Å²) >= 11 is 3.46. The Hall–Kier alpha value is -0.800. The second kappa shape index (κ2) is 4.37. The van der Waals surface area contributed by atoms with Crippen LogP contribution in [0.4, 0.5) is 0 Å². The van der Waals surface area contributed by atoms with Crippen molar-refractivity contribution in [2.24, 2.45) is 5.73 Å². The molecule has 0 radical (unpaired) electrons. The summed E-state index contributed by atoms with van der Waals surface area (Å²) in [7, 11) is 0. The fourth-order valence-corrected chi connectivity index (χ4v) is 2.15. The maximum absolute atomic E-state index is 6.01. The lowest BCUT2D eigenvalue weighted by Crippen LogP contribution is -2.08. The average molecular weight is 268 g/mol. The number of benzene rings is 1. The molecule has 1 aromatic carbocycles. The van der Waals surface area contributed by atoms with Crippen molar-refractivity contribution in [3.63, 3.8) is 0 Å². The highest BCUT2D eigenvalue weighted by atomic mass is 79.9. The third-order valence-corrected chi connectivity index (χ3v) is 3.10. The summed E-state index contributed by atoms with van der Waals surface area (Å²) in [5.41, 5.74) is 6.90. The minimum atomic E-state index is 0.00861. The molecule has 0 aliphatic rings. The Bertz CT molecular complexity index is 464. The summed E-state index contributed by atoms with van der Waals surface area (Å²) in [5, 5.41) is 1.10. The molecule has 2 rings (SSSR count). The molecule has 3 heteroatoms. The van der Waals surface area contributed by atoms with Crippen LogP contribution in [0.2, 0.25) is 0 Å². The topological polar surface area (TPSA) is 39.2 Å². The van der Waals surface area contributed by atoms with Crippen molar-refractivity contribution in [2.75, 3.05) is 0 Å². The van der Waals surface area contributed by atoms with Gasteiger partial charge in [0.1, 0.15) is 11.3 Å². The van der Waals surface area contributed by atoms with Crippen molar-refractivity contribution < 1.29 is 4.42 Å². The Kier molecular flexibility index (Phi) is 3.12. The van der Waals surface area contributed by atoms with E-state index in [0.717, 1.165) is 34.0 Å². The third kappa shape index (κ3) is 2.08. The van der Waals surface area contributed by atoms with Gasteiger partial charge in [0, 0.05) is 5.39 Å². The van der Waals surface area contributed by atoms with Gasteiger partial charge in [0.05, 0.1) is 10.5 Å². The molecule has 1 atom stereocenters. The summed E-state index contributed by atoms with van der Waals surface area (Å²) in [4.78, 5) is 0. The number of halogens is 1. The molecule has 0 fully saturated rings. The monoisotopic (exact) mass is 267 g/mol. The second-order valence-corrected chi connectivity index (χ2v) is 4.56. The molecular formula is C12H14BrNO. The molecule has 2 N–H and O–H groups in total. The number of fused-ring (bicyclic) bond motifs is 1. The Morgan fingerprint density at radius 2 is 2.27 bits per heavy atom. The molecular weight excluding hydrogens is 254 g/mol. The van der Waals surface area contributed by atoms with Gasteiger partial charge < -0.3 is 10.2 Å². The number of para-hydroxylation sites is 1. The summed E-state index contributed by atoms with van der Waals surface area (Å²) in [6, 6.07) is 8.04. The first kappa shape index (κ1) is 10.7. The highest BCUT2D eigenvalue weighted by molar-refractivity contribution is 9.10.